The smallest absolute Gasteiger partial charge is 0.258 e. The Morgan fingerprint density at radius 2 is 2.13 bits per heavy atom. The zero-order chi connectivity index (χ0) is 21.9. The molecule has 0 spiro atoms. The first-order valence-corrected chi connectivity index (χ1v) is 10.3. The predicted molar refractivity (Wildman–Crippen MR) is 109 cm³/mol. The molecule has 1 fully saturated rings. The molecule has 2 atom stereocenters. The number of carbonyl (C=O) groups is 1. The molecular weight excluding hydrogens is 427 g/mol. The highest BCUT2D eigenvalue weighted by Gasteiger charge is 2.33. The van der Waals surface area contributed by atoms with Crippen LogP contribution in [0, 0.1) is 19.7 Å². The van der Waals surface area contributed by atoms with Crippen molar-refractivity contribution in [2.75, 3.05) is 13.2 Å². The van der Waals surface area contributed by atoms with Crippen LogP contribution < -0.4 is 4.74 Å². The van der Waals surface area contributed by atoms with E-state index in [0.29, 0.717) is 29.5 Å². The van der Waals surface area contributed by atoms with Gasteiger partial charge in [0, 0.05) is 11.6 Å². The van der Waals surface area contributed by atoms with Gasteiger partial charge < -0.3 is 19.5 Å². The molecule has 10 heteroatoms. The van der Waals surface area contributed by atoms with Crippen LogP contribution >= 0.6 is 11.6 Å². The van der Waals surface area contributed by atoms with Crippen LogP contribution in [-0.2, 0) is 17.8 Å². The molecule has 0 aliphatic carbocycles. The second-order valence-corrected chi connectivity index (χ2v) is 8.20. The van der Waals surface area contributed by atoms with Crippen molar-refractivity contribution in [1.29, 1.82) is 0 Å². The highest BCUT2D eigenvalue weighted by molar-refractivity contribution is 6.31. The van der Waals surface area contributed by atoms with Gasteiger partial charge in [0.25, 0.3) is 5.91 Å². The average Bonchev–Trinajstić information content (AvgIpc) is 3.42. The second-order valence-electron chi connectivity index (χ2n) is 7.82. The number of nitrogens with zero attached hydrogens (tertiary/aromatic N) is 4. The lowest BCUT2D eigenvalue weighted by atomic mass is 10.1. The first-order valence-electron chi connectivity index (χ1n) is 9.88. The number of ether oxygens (including phenoxy) is 2. The summed E-state index contributed by atoms with van der Waals surface area (Å²) in [6, 6.07) is 3.76. The van der Waals surface area contributed by atoms with Gasteiger partial charge in [-0.15, -0.1) is 0 Å². The number of hydrogen-bond donors (Lipinski definition) is 1. The normalized spacial score (nSPS) is 20.5. The molecule has 2 unspecified atom stereocenters. The molecule has 8 nitrogen and oxygen atoms in total. The number of aliphatic hydroxyl groups excluding tert-OH is 1. The number of benzene rings is 1. The fraction of sp³-hybridized carbons (Fsp3) is 0.381. The van der Waals surface area contributed by atoms with Crippen LogP contribution in [0.2, 0.25) is 5.02 Å². The van der Waals surface area contributed by atoms with Gasteiger partial charge in [-0.3, -0.25) is 4.79 Å². The van der Waals surface area contributed by atoms with Gasteiger partial charge in [0.05, 0.1) is 54.0 Å². The van der Waals surface area contributed by atoms with Crippen molar-refractivity contribution in [3.05, 3.63) is 57.2 Å². The number of halogens is 2. The van der Waals surface area contributed by atoms with Crippen LogP contribution in [0.25, 0.3) is 5.65 Å². The van der Waals surface area contributed by atoms with Crippen molar-refractivity contribution in [2.24, 2.45) is 0 Å². The lowest BCUT2D eigenvalue weighted by Gasteiger charge is -2.21. The Labute approximate surface area is 182 Å². The summed E-state index contributed by atoms with van der Waals surface area (Å²) in [7, 11) is 0. The number of carbonyl (C=O) groups excluding carboxylic acids is 1. The van der Waals surface area contributed by atoms with E-state index in [1.165, 1.54) is 12.1 Å². The predicted octanol–water partition coefficient (Wildman–Crippen LogP) is 2.43. The van der Waals surface area contributed by atoms with Gasteiger partial charge in [0.15, 0.2) is 5.65 Å². The fourth-order valence-corrected chi connectivity index (χ4v) is 4.12. The Morgan fingerprint density at radius 1 is 1.32 bits per heavy atom. The number of aromatic nitrogens is 3. The lowest BCUT2D eigenvalue weighted by Crippen LogP contribution is -2.32. The summed E-state index contributed by atoms with van der Waals surface area (Å²) in [5, 5.41) is 15.1. The van der Waals surface area contributed by atoms with Crippen LogP contribution in [0.3, 0.4) is 0 Å². The molecule has 1 amide bonds. The standard InChI is InChI=1S/C21H20ClFN4O4/c1-10-19(22)11(2)27-20(24-10)14-6-26(7-15(14)25-27)21(29)13-4-3-12(23)5-17(13)31-18-9-30-8-16(18)28/h3-5,16,18,28H,6-9H2,1-2H3. The van der Waals surface area contributed by atoms with E-state index in [9.17, 15) is 14.3 Å². The molecule has 3 aromatic rings. The zero-order valence-corrected chi connectivity index (χ0v) is 17.7. The Kier molecular flexibility index (Phi) is 4.84. The maximum absolute atomic E-state index is 13.9. The SMILES string of the molecule is Cc1nc2c3c(nn2c(C)c1Cl)CN(C(=O)c1ccc(F)cc1OC1COCC1O)C3. The number of rotatable bonds is 3. The maximum Gasteiger partial charge on any atom is 0.258 e. The molecule has 2 aliphatic rings. The first-order chi connectivity index (χ1) is 14.8. The van der Waals surface area contributed by atoms with Gasteiger partial charge >= 0.3 is 0 Å². The molecule has 2 aliphatic heterocycles. The van der Waals surface area contributed by atoms with Crippen LogP contribution in [0.4, 0.5) is 4.39 Å². The van der Waals surface area contributed by atoms with Crippen LogP contribution in [-0.4, -0.2) is 55.9 Å². The minimum absolute atomic E-state index is 0.0786. The van der Waals surface area contributed by atoms with E-state index < -0.39 is 18.0 Å². The number of fused-ring (bicyclic) bond motifs is 3. The topological polar surface area (TPSA) is 89.2 Å². The van der Waals surface area contributed by atoms with Crippen LogP contribution in [0.5, 0.6) is 5.75 Å². The molecule has 162 valence electrons. The summed E-state index contributed by atoms with van der Waals surface area (Å²) in [5.74, 6) is -0.772. The summed E-state index contributed by atoms with van der Waals surface area (Å²) >= 11 is 6.29. The van der Waals surface area contributed by atoms with Crippen molar-refractivity contribution in [3.63, 3.8) is 0 Å². The molecule has 4 heterocycles. The van der Waals surface area contributed by atoms with Gasteiger partial charge in [0.1, 0.15) is 23.8 Å². The summed E-state index contributed by atoms with van der Waals surface area (Å²) in [4.78, 5) is 19.4. The molecule has 0 bridgehead atoms. The largest absolute Gasteiger partial charge is 0.484 e. The van der Waals surface area contributed by atoms with Crippen LogP contribution in [0.15, 0.2) is 18.2 Å². The van der Waals surface area contributed by atoms with E-state index in [4.69, 9.17) is 21.1 Å². The van der Waals surface area contributed by atoms with Crippen molar-refractivity contribution in [3.8, 4) is 5.75 Å². The monoisotopic (exact) mass is 446 g/mol. The number of amides is 1. The molecule has 1 saturated heterocycles. The molecule has 0 radical (unpaired) electrons. The Hall–Kier alpha value is -2.75. The molecule has 5 rings (SSSR count). The zero-order valence-electron chi connectivity index (χ0n) is 16.9. The lowest BCUT2D eigenvalue weighted by molar-refractivity contribution is 0.0665. The molecule has 1 N–H and O–H groups in total. The first kappa shape index (κ1) is 20.2. The Morgan fingerprint density at radius 3 is 2.87 bits per heavy atom. The van der Waals surface area contributed by atoms with E-state index in [0.717, 1.165) is 23.0 Å². The van der Waals surface area contributed by atoms with E-state index in [1.54, 1.807) is 9.42 Å². The molecule has 31 heavy (non-hydrogen) atoms. The second kappa shape index (κ2) is 7.44. The molecule has 0 saturated carbocycles. The van der Waals surface area contributed by atoms with Crippen molar-refractivity contribution < 1.29 is 23.8 Å². The maximum atomic E-state index is 13.9. The van der Waals surface area contributed by atoms with E-state index in [2.05, 4.69) is 10.1 Å². The average molecular weight is 447 g/mol. The highest BCUT2D eigenvalue weighted by atomic mass is 35.5. The van der Waals surface area contributed by atoms with Gasteiger partial charge in [-0.05, 0) is 26.0 Å². The summed E-state index contributed by atoms with van der Waals surface area (Å²) in [5.41, 5.74) is 3.99. The van der Waals surface area contributed by atoms with Crippen LogP contribution in [0.1, 0.15) is 33.0 Å². The van der Waals surface area contributed by atoms with E-state index in [1.807, 2.05) is 13.8 Å². The molecular formula is C21H20ClFN4O4. The summed E-state index contributed by atoms with van der Waals surface area (Å²) in [6.07, 6.45) is -1.49. The van der Waals surface area contributed by atoms with Gasteiger partial charge in [-0.25, -0.2) is 13.9 Å². The number of aliphatic hydroxyl groups is 1. The van der Waals surface area contributed by atoms with Gasteiger partial charge in [-0.1, -0.05) is 11.6 Å². The third-order valence-electron chi connectivity index (χ3n) is 5.70. The third-order valence-corrected chi connectivity index (χ3v) is 6.24. The van der Waals surface area contributed by atoms with E-state index in [-0.39, 0.29) is 30.4 Å². The summed E-state index contributed by atoms with van der Waals surface area (Å²) in [6.45, 7) is 4.62. The molecule has 1 aromatic carbocycles. The summed E-state index contributed by atoms with van der Waals surface area (Å²) < 4.78 is 26.5. The number of aryl methyl sites for hydroxylation is 2. The minimum Gasteiger partial charge on any atom is -0.484 e. The van der Waals surface area contributed by atoms with Gasteiger partial charge in [-0.2, -0.15) is 5.10 Å². The molecule has 2 aromatic heterocycles. The highest BCUT2D eigenvalue weighted by Crippen LogP contribution is 2.32. The minimum atomic E-state index is -0.833. The van der Waals surface area contributed by atoms with Crippen molar-refractivity contribution in [1.82, 2.24) is 19.5 Å². The Bertz CT molecular complexity index is 1210. The van der Waals surface area contributed by atoms with Gasteiger partial charge in [0.2, 0.25) is 0 Å². The Balaban J connectivity index is 1.44. The third kappa shape index (κ3) is 3.33. The van der Waals surface area contributed by atoms with Crippen molar-refractivity contribution in [2.45, 2.75) is 39.1 Å². The fourth-order valence-electron chi connectivity index (χ4n) is 4.00. The quantitative estimate of drug-likeness (QED) is 0.664. The van der Waals surface area contributed by atoms with Crippen molar-refractivity contribution >= 4 is 23.2 Å². The number of hydrogen-bond acceptors (Lipinski definition) is 6. The van der Waals surface area contributed by atoms with E-state index >= 15 is 0 Å².